The number of allylic oxidation sites excluding steroid dienone is 1. The molecule has 0 saturated heterocycles. The molecular weight excluding hydrogens is 336 g/mol. The van der Waals surface area contributed by atoms with Gasteiger partial charge in [-0.25, -0.2) is 0 Å². The van der Waals surface area contributed by atoms with Crippen molar-refractivity contribution in [2.45, 2.75) is 85.2 Å². The molecule has 4 aliphatic rings. The van der Waals surface area contributed by atoms with Crippen molar-refractivity contribution in [1.82, 2.24) is 0 Å². The van der Waals surface area contributed by atoms with Crippen LogP contribution >= 0.6 is 0 Å². The number of esters is 1. The third-order valence-corrected chi connectivity index (χ3v) is 9.31. The van der Waals surface area contributed by atoms with Gasteiger partial charge in [0.25, 0.3) is 0 Å². The second-order valence-corrected chi connectivity index (χ2v) is 10.5. The normalized spacial score (nSPS) is 47.1. The highest BCUT2D eigenvalue weighted by Gasteiger charge is 2.59. The van der Waals surface area contributed by atoms with Gasteiger partial charge in [-0.3, -0.25) is 4.79 Å². The first-order chi connectivity index (χ1) is 12.8. The van der Waals surface area contributed by atoms with Crippen molar-refractivity contribution in [3.8, 4) is 0 Å². The third-order valence-electron chi connectivity index (χ3n) is 9.31. The zero-order valence-corrected chi connectivity index (χ0v) is 17.5. The van der Waals surface area contributed by atoms with Crippen molar-refractivity contribution in [1.29, 1.82) is 0 Å². The largest absolute Gasteiger partial charge is 0.462 e. The molecule has 8 atom stereocenters. The van der Waals surface area contributed by atoms with Gasteiger partial charge in [0.15, 0.2) is 0 Å². The Morgan fingerprint density at radius 2 is 1.96 bits per heavy atom. The van der Waals surface area contributed by atoms with Gasteiger partial charge >= 0.3 is 5.97 Å². The molecule has 0 amide bonds. The number of fused-ring (bicyclic) bond motifs is 5. The van der Waals surface area contributed by atoms with Gasteiger partial charge in [0.05, 0.1) is 0 Å². The molecule has 0 bridgehead atoms. The quantitative estimate of drug-likeness (QED) is 0.382. The van der Waals surface area contributed by atoms with E-state index in [-0.39, 0.29) is 23.4 Å². The predicted octanol–water partition coefficient (Wildman–Crippen LogP) is 5.33. The van der Waals surface area contributed by atoms with Gasteiger partial charge in [-0.05, 0) is 79.4 Å². The van der Waals surface area contributed by atoms with Crippen LogP contribution in [0.1, 0.15) is 79.1 Å². The smallest absolute Gasteiger partial charge is 0.302 e. The monoisotopic (exact) mass is 372 g/mol. The van der Waals surface area contributed by atoms with Crippen molar-refractivity contribution < 1.29 is 14.3 Å². The van der Waals surface area contributed by atoms with Gasteiger partial charge in [-0.1, -0.05) is 32.4 Å². The van der Waals surface area contributed by atoms with Crippen molar-refractivity contribution in [2.75, 3.05) is 0 Å². The molecule has 0 heterocycles. The standard InChI is InChI=1S/C24H36O3/c1-15(14-25)20-7-8-21-19-6-5-17-13-18(27-16(2)26)9-11-23(17,3)22(19)10-12-24(20,21)4/h5,14-15,18-22H,6-13H2,1-4H3/t15-,18+,19?,20?,21?,22?,23+,24-/m1/s1. The molecule has 0 N–H and O–H groups in total. The van der Waals surface area contributed by atoms with Crippen LogP contribution in [0, 0.1) is 40.4 Å². The molecule has 4 aliphatic carbocycles. The molecule has 0 spiro atoms. The van der Waals surface area contributed by atoms with Crippen molar-refractivity contribution >= 4 is 12.3 Å². The van der Waals surface area contributed by atoms with Crippen LogP contribution in [0.15, 0.2) is 11.6 Å². The fourth-order valence-electron chi connectivity index (χ4n) is 7.96. The van der Waals surface area contributed by atoms with E-state index in [1.165, 1.54) is 45.3 Å². The third kappa shape index (κ3) is 2.91. The van der Waals surface area contributed by atoms with Crippen LogP contribution in [-0.2, 0) is 14.3 Å². The number of rotatable bonds is 3. The molecule has 4 rings (SSSR count). The summed E-state index contributed by atoms with van der Waals surface area (Å²) in [7, 11) is 0. The molecule has 0 aromatic heterocycles. The van der Waals surface area contributed by atoms with E-state index in [2.05, 4.69) is 26.8 Å². The minimum atomic E-state index is -0.146. The SMILES string of the molecule is CC(=O)O[C@H]1CC[C@@]2(C)C(=CCC3C4CCC([C@H](C)C=O)[C@@]4(C)CCC32)C1. The van der Waals surface area contributed by atoms with Crippen molar-refractivity contribution in [2.24, 2.45) is 40.4 Å². The molecule has 0 aromatic rings. The zero-order valence-electron chi connectivity index (χ0n) is 17.5. The number of ether oxygens (including phenoxy) is 1. The Morgan fingerprint density at radius 1 is 1.19 bits per heavy atom. The van der Waals surface area contributed by atoms with E-state index >= 15 is 0 Å². The first-order valence-corrected chi connectivity index (χ1v) is 11.1. The van der Waals surface area contributed by atoms with E-state index in [9.17, 15) is 9.59 Å². The summed E-state index contributed by atoms with van der Waals surface area (Å²) in [5.41, 5.74) is 2.19. The van der Waals surface area contributed by atoms with Gasteiger partial charge in [-0.2, -0.15) is 0 Å². The topological polar surface area (TPSA) is 43.4 Å². The van der Waals surface area contributed by atoms with Crippen molar-refractivity contribution in [3.05, 3.63) is 11.6 Å². The number of hydrogen-bond donors (Lipinski definition) is 0. The van der Waals surface area contributed by atoms with Crippen LogP contribution in [0.4, 0.5) is 0 Å². The summed E-state index contributed by atoms with van der Waals surface area (Å²) in [5, 5.41) is 0. The lowest BCUT2D eigenvalue weighted by molar-refractivity contribution is -0.148. The number of hydrogen-bond acceptors (Lipinski definition) is 3. The second kappa shape index (κ2) is 6.74. The number of carbonyl (C=O) groups excluding carboxylic acids is 2. The molecule has 4 unspecified atom stereocenters. The van der Waals surface area contributed by atoms with Crippen LogP contribution in [0.2, 0.25) is 0 Å². The maximum Gasteiger partial charge on any atom is 0.302 e. The minimum absolute atomic E-state index is 0.0801. The molecule has 27 heavy (non-hydrogen) atoms. The first-order valence-electron chi connectivity index (χ1n) is 11.1. The van der Waals surface area contributed by atoms with E-state index < -0.39 is 0 Å². The van der Waals surface area contributed by atoms with Crippen molar-refractivity contribution in [3.63, 3.8) is 0 Å². The number of aldehydes is 1. The Labute approximate surface area is 164 Å². The summed E-state index contributed by atoms with van der Waals surface area (Å²) >= 11 is 0. The van der Waals surface area contributed by atoms with Gasteiger partial charge < -0.3 is 9.53 Å². The fraction of sp³-hybridized carbons (Fsp3) is 0.833. The summed E-state index contributed by atoms with van der Waals surface area (Å²) < 4.78 is 5.55. The molecule has 3 heteroatoms. The first kappa shape index (κ1) is 19.2. The van der Waals surface area contributed by atoms with Crippen LogP contribution in [0.5, 0.6) is 0 Å². The lowest BCUT2D eigenvalue weighted by Crippen LogP contribution is -2.51. The highest BCUT2D eigenvalue weighted by atomic mass is 16.5. The Kier molecular flexibility index (Phi) is 4.79. The molecule has 0 aromatic carbocycles. The van der Waals surface area contributed by atoms with Crippen LogP contribution in [-0.4, -0.2) is 18.4 Å². The highest BCUT2D eigenvalue weighted by molar-refractivity contribution is 5.66. The molecule has 3 saturated carbocycles. The summed E-state index contributed by atoms with van der Waals surface area (Å²) in [6.45, 7) is 8.64. The van der Waals surface area contributed by atoms with Gasteiger partial charge in [-0.15, -0.1) is 0 Å². The van der Waals surface area contributed by atoms with E-state index in [0.29, 0.717) is 11.3 Å². The van der Waals surface area contributed by atoms with E-state index in [1.807, 2.05) is 0 Å². The molecule has 3 fully saturated rings. The Balaban J connectivity index is 1.57. The maximum absolute atomic E-state index is 11.5. The van der Waals surface area contributed by atoms with Gasteiger partial charge in [0, 0.05) is 19.3 Å². The molecule has 0 aliphatic heterocycles. The summed E-state index contributed by atoms with van der Waals surface area (Å²) in [4.78, 5) is 22.9. The van der Waals surface area contributed by atoms with E-state index in [1.54, 1.807) is 5.57 Å². The number of carbonyl (C=O) groups is 2. The average Bonchev–Trinajstić information content (AvgIpc) is 2.98. The van der Waals surface area contributed by atoms with E-state index in [4.69, 9.17) is 4.74 Å². The van der Waals surface area contributed by atoms with Gasteiger partial charge in [0.2, 0.25) is 0 Å². The zero-order chi connectivity index (χ0) is 19.4. The average molecular weight is 373 g/mol. The summed E-state index contributed by atoms with van der Waals surface area (Å²) in [5.74, 6) is 2.92. The highest BCUT2D eigenvalue weighted by Crippen LogP contribution is 2.67. The predicted molar refractivity (Wildman–Crippen MR) is 106 cm³/mol. The van der Waals surface area contributed by atoms with Crippen LogP contribution in [0.3, 0.4) is 0 Å². The summed E-state index contributed by atoms with van der Waals surface area (Å²) in [6, 6.07) is 0. The van der Waals surface area contributed by atoms with Crippen LogP contribution < -0.4 is 0 Å². The Morgan fingerprint density at radius 3 is 2.67 bits per heavy atom. The lowest BCUT2D eigenvalue weighted by Gasteiger charge is -2.58. The van der Waals surface area contributed by atoms with E-state index in [0.717, 1.165) is 37.0 Å². The fourth-order valence-corrected chi connectivity index (χ4v) is 7.96. The second-order valence-electron chi connectivity index (χ2n) is 10.5. The molecular formula is C24H36O3. The molecule has 0 radical (unpaired) electrons. The Hall–Kier alpha value is -1.12. The van der Waals surface area contributed by atoms with Crippen LogP contribution in [0.25, 0.3) is 0 Å². The van der Waals surface area contributed by atoms with Gasteiger partial charge in [0.1, 0.15) is 12.4 Å². The molecule has 3 nitrogen and oxygen atoms in total. The lowest BCUT2D eigenvalue weighted by atomic mass is 9.47. The molecule has 150 valence electrons. The maximum atomic E-state index is 11.5. The Bertz CT molecular complexity index is 652. The summed E-state index contributed by atoms with van der Waals surface area (Å²) in [6.07, 6.45) is 13.2. The minimum Gasteiger partial charge on any atom is -0.462 e.